The number of esters is 1. The highest BCUT2D eigenvalue weighted by atomic mass is 16.5. The molecule has 2 amide bonds. The molecule has 1 heterocycles. The van der Waals surface area contributed by atoms with E-state index in [-0.39, 0.29) is 41.3 Å². The normalized spacial score (nSPS) is 29.0. The van der Waals surface area contributed by atoms with E-state index in [4.69, 9.17) is 9.47 Å². The van der Waals surface area contributed by atoms with Crippen LogP contribution < -0.4 is 4.74 Å². The first-order valence-corrected chi connectivity index (χ1v) is 9.63. The van der Waals surface area contributed by atoms with Gasteiger partial charge in [-0.1, -0.05) is 12.1 Å². The molecule has 7 nitrogen and oxygen atoms in total. The van der Waals surface area contributed by atoms with Crippen molar-refractivity contribution in [3.63, 3.8) is 0 Å². The first-order chi connectivity index (χ1) is 13.4. The summed E-state index contributed by atoms with van der Waals surface area (Å²) >= 11 is 0. The molecule has 3 fully saturated rings. The summed E-state index contributed by atoms with van der Waals surface area (Å²) in [6.07, 6.45) is 2.90. The molecule has 148 valence electrons. The second kappa shape index (κ2) is 7.04. The molecule has 1 aliphatic heterocycles. The quantitative estimate of drug-likeness (QED) is 0.422. The number of nitrogens with zero attached hydrogens (tertiary/aromatic N) is 1. The Bertz CT molecular complexity index is 821. The predicted octanol–water partition coefficient (Wildman–Crippen LogP) is 1.84. The van der Waals surface area contributed by atoms with Gasteiger partial charge in [0.1, 0.15) is 11.8 Å². The average Bonchev–Trinajstić information content (AvgIpc) is 3.39. The van der Waals surface area contributed by atoms with Gasteiger partial charge in [0, 0.05) is 5.56 Å². The third kappa shape index (κ3) is 2.89. The van der Waals surface area contributed by atoms with E-state index < -0.39 is 18.6 Å². The Morgan fingerprint density at radius 3 is 2.39 bits per heavy atom. The minimum atomic E-state index is -1.02. The fourth-order valence-corrected chi connectivity index (χ4v) is 5.06. The zero-order valence-corrected chi connectivity index (χ0v) is 15.9. The number of Topliss-reactive ketones (excluding diaryl/α,β-unsaturated/α-hetero) is 1. The number of fused-ring (bicyclic) bond motifs is 5. The maximum atomic E-state index is 12.8. The van der Waals surface area contributed by atoms with Crippen LogP contribution in [0, 0.1) is 23.7 Å². The Hall–Kier alpha value is -2.70. The minimum absolute atomic E-state index is 0.259. The highest BCUT2D eigenvalue weighted by Crippen LogP contribution is 2.56. The molecule has 1 aromatic rings. The lowest BCUT2D eigenvalue weighted by Crippen LogP contribution is -2.45. The lowest BCUT2D eigenvalue weighted by Gasteiger charge is -2.22. The van der Waals surface area contributed by atoms with Gasteiger partial charge in [-0.05, 0) is 50.2 Å². The van der Waals surface area contributed by atoms with Gasteiger partial charge < -0.3 is 9.47 Å². The van der Waals surface area contributed by atoms with E-state index in [9.17, 15) is 19.2 Å². The predicted molar refractivity (Wildman–Crippen MR) is 97.4 cm³/mol. The van der Waals surface area contributed by atoms with Gasteiger partial charge in [-0.3, -0.25) is 19.3 Å². The van der Waals surface area contributed by atoms with Crippen LogP contribution in [0.25, 0.3) is 0 Å². The topological polar surface area (TPSA) is 90.0 Å². The lowest BCUT2D eigenvalue weighted by atomic mass is 9.81. The number of hydrogen-bond donors (Lipinski definition) is 0. The van der Waals surface area contributed by atoms with Crippen LogP contribution in [0.5, 0.6) is 5.75 Å². The second-order valence-corrected chi connectivity index (χ2v) is 7.87. The molecule has 5 atom stereocenters. The van der Waals surface area contributed by atoms with Gasteiger partial charge in [0.05, 0.1) is 18.9 Å². The Labute approximate surface area is 163 Å². The molecule has 2 saturated carbocycles. The fourth-order valence-electron chi connectivity index (χ4n) is 5.06. The summed E-state index contributed by atoms with van der Waals surface area (Å²) in [6, 6.07) is 5.52. The van der Waals surface area contributed by atoms with Gasteiger partial charge in [0.25, 0.3) is 0 Å². The molecule has 1 aromatic carbocycles. The van der Waals surface area contributed by atoms with E-state index in [2.05, 4.69) is 0 Å². The van der Waals surface area contributed by atoms with Crippen LogP contribution in [0.15, 0.2) is 24.3 Å². The van der Waals surface area contributed by atoms with E-state index in [1.165, 1.54) is 14.0 Å². The number of methoxy groups -OCH3 is 1. The number of hydrogen-bond acceptors (Lipinski definition) is 6. The average molecular weight is 385 g/mol. The van der Waals surface area contributed by atoms with Crippen molar-refractivity contribution in [3.8, 4) is 5.75 Å². The molecular weight excluding hydrogens is 362 g/mol. The minimum Gasteiger partial charge on any atom is -0.497 e. The van der Waals surface area contributed by atoms with Gasteiger partial charge in [0.15, 0.2) is 12.4 Å². The molecular formula is C21H23NO6. The standard InChI is InChI=1S/C21H23NO6/c1-11(21(26)28-10-16(23)12-4-3-5-15(9-12)27-2)22-19(24)17-13-6-7-14(8-13)18(17)20(22)25/h3-5,9,11,13-14,17-18H,6-8,10H2,1-2H3/t11-,13-,14+,17-,18+/m1/s1. The van der Waals surface area contributed by atoms with Crippen LogP contribution in [0.2, 0.25) is 0 Å². The second-order valence-electron chi connectivity index (χ2n) is 7.87. The van der Waals surface area contributed by atoms with Crippen molar-refractivity contribution in [1.29, 1.82) is 0 Å². The molecule has 0 radical (unpaired) electrons. The maximum absolute atomic E-state index is 12.8. The van der Waals surface area contributed by atoms with Crippen LogP contribution >= 0.6 is 0 Å². The van der Waals surface area contributed by atoms with Crippen molar-refractivity contribution >= 4 is 23.6 Å². The largest absolute Gasteiger partial charge is 0.497 e. The number of ketones is 1. The van der Waals surface area contributed by atoms with Gasteiger partial charge in [-0.25, -0.2) is 4.79 Å². The van der Waals surface area contributed by atoms with Crippen molar-refractivity contribution < 1.29 is 28.7 Å². The molecule has 0 aromatic heterocycles. The van der Waals surface area contributed by atoms with E-state index in [1.54, 1.807) is 24.3 Å². The number of carbonyl (C=O) groups is 4. The summed E-state index contributed by atoms with van der Waals surface area (Å²) in [5.41, 5.74) is 0.360. The van der Waals surface area contributed by atoms with Crippen molar-refractivity contribution in [2.24, 2.45) is 23.7 Å². The van der Waals surface area contributed by atoms with E-state index in [0.717, 1.165) is 24.2 Å². The molecule has 28 heavy (non-hydrogen) atoms. The molecule has 7 heteroatoms. The Kier molecular flexibility index (Phi) is 4.69. The van der Waals surface area contributed by atoms with Gasteiger partial charge in [-0.2, -0.15) is 0 Å². The molecule has 2 aliphatic carbocycles. The van der Waals surface area contributed by atoms with Crippen LogP contribution in [0.1, 0.15) is 36.5 Å². The van der Waals surface area contributed by atoms with E-state index in [0.29, 0.717) is 11.3 Å². The molecule has 4 rings (SSSR count). The van der Waals surface area contributed by atoms with Gasteiger partial charge in [0.2, 0.25) is 11.8 Å². The van der Waals surface area contributed by atoms with Crippen molar-refractivity contribution in [2.45, 2.75) is 32.2 Å². The number of imide groups is 1. The molecule has 3 aliphatic rings. The first kappa shape index (κ1) is 18.7. The Balaban J connectivity index is 1.39. The van der Waals surface area contributed by atoms with Crippen LogP contribution in [-0.4, -0.2) is 48.2 Å². The third-order valence-corrected chi connectivity index (χ3v) is 6.43. The van der Waals surface area contributed by atoms with Crippen LogP contribution in [0.4, 0.5) is 0 Å². The van der Waals surface area contributed by atoms with Crippen molar-refractivity contribution in [1.82, 2.24) is 4.90 Å². The number of ether oxygens (including phenoxy) is 2. The number of rotatable bonds is 6. The maximum Gasteiger partial charge on any atom is 0.329 e. The Morgan fingerprint density at radius 2 is 1.79 bits per heavy atom. The molecule has 0 spiro atoms. The number of carbonyl (C=O) groups excluding carboxylic acids is 4. The van der Waals surface area contributed by atoms with Crippen molar-refractivity contribution in [2.75, 3.05) is 13.7 Å². The van der Waals surface area contributed by atoms with Crippen LogP contribution in [-0.2, 0) is 19.1 Å². The molecule has 2 bridgehead atoms. The zero-order valence-electron chi connectivity index (χ0n) is 15.9. The number of benzene rings is 1. The van der Waals surface area contributed by atoms with Crippen LogP contribution in [0.3, 0.4) is 0 Å². The van der Waals surface area contributed by atoms with Crippen molar-refractivity contribution in [3.05, 3.63) is 29.8 Å². The van der Waals surface area contributed by atoms with E-state index in [1.807, 2.05) is 0 Å². The lowest BCUT2D eigenvalue weighted by molar-refractivity contribution is -0.157. The monoisotopic (exact) mass is 385 g/mol. The fraction of sp³-hybridized carbons (Fsp3) is 0.524. The Morgan fingerprint density at radius 1 is 1.14 bits per heavy atom. The number of amides is 2. The summed E-state index contributed by atoms with van der Waals surface area (Å²) in [4.78, 5) is 51.3. The first-order valence-electron chi connectivity index (χ1n) is 9.63. The van der Waals surface area contributed by atoms with Gasteiger partial charge in [-0.15, -0.1) is 0 Å². The third-order valence-electron chi connectivity index (χ3n) is 6.43. The molecule has 0 unspecified atom stereocenters. The summed E-state index contributed by atoms with van der Waals surface area (Å²) in [6.45, 7) is 1.03. The SMILES string of the molecule is COc1cccc(C(=O)COC(=O)[C@@H](C)N2C(=O)[C@@H]3[C@@H]4CC[C@@H](C4)[C@@H]3C2=O)c1. The highest BCUT2D eigenvalue weighted by Gasteiger charge is 2.62. The zero-order chi connectivity index (χ0) is 20.0. The summed E-state index contributed by atoms with van der Waals surface area (Å²) in [7, 11) is 1.50. The van der Waals surface area contributed by atoms with Gasteiger partial charge >= 0.3 is 5.97 Å². The van der Waals surface area contributed by atoms with E-state index >= 15 is 0 Å². The smallest absolute Gasteiger partial charge is 0.329 e. The molecule has 1 saturated heterocycles. The summed E-state index contributed by atoms with van der Waals surface area (Å²) < 4.78 is 10.2. The summed E-state index contributed by atoms with van der Waals surface area (Å²) in [5.74, 6) is -1.15. The summed E-state index contributed by atoms with van der Waals surface area (Å²) in [5, 5.41) is 0. The highest BCUT2D eigenvalue weighted by molar-refractivity contribution is 6.08. The number of likely N-dealkylation sites (tertiary alicyclic amines) is 1. The molecule has 0 N–H and O–H groups in total.